The first-order valence-electron chi connectivity index (χ1n) is 6.22. The zero-order valence-electron chi connectivity index (χ0n) is 11.0. The normalized spacial score (nSPS) is 17.5. The predicted molar refractivity (Wildman–Crippen MR) is 73.4 cm³/mol. The molecule has 1 unspecified atom stereocenters. The molecular formula is C16H15NO2. The number of hydrogen-bond acceptors (Lipinski definition) is 2. The molecule has 3 rings (SSSR count). The lowest BCUT2D eigenvalue weighted by Crippen LogP contribution is -2.23. The van der Waals surface area contributed by atoms with Crippen LogP contribution in [0.25, 0.3) is 0 Å². The topological polar surface area (TPSA) is 29.5 Å². The second kappa shape index (κ2) is 4.43. The SMILES string of the molecule is COc1ccc(C2c3ccccc3C(=O)N2C)cc1. The third kappa shape index (κ3) is 1.78. The maximum atomic E-state index is 12.2. The molecule has 3 heteroatoms. The minimum atomic E-state index is -0.00499. The van der Waals surface area contributed by atoms with Crippen LogP contribution in [0.2, 0.25) is 0 Å². The van der Waals surface area contributed by atoms with Crippen molar-refractivity contribution in [2.24, 2.45) is 0 Å². The van der Waals surface area contributed by atoms with Crippen LogP contribution in [0.15, 0.2) is 48.5 Å². The van der Waals surface area contributed by atoms with E-state index in [0.29, 0.717) is 0 Å². The summed E-state index contributed by atoms with van der Waals surface area (Å²) in [4.78, 5) is 14.0. The van der Waals surface area contributed by atoms with Gasteiger partial charge < -0.3 is 9.64 Å². The van der Waals surface area contributed by atoms with Gasteiger partial charge in [-0.05, 0) is 29.3 Å². The fraction of sp³-hybridized carbons (Fsp3) is 0.188. The van der Waals surface area contributed by atoms with E-state index in [0.717, 1.165) is 22.4 Å². The van der Waals surface area contributed by atoms with E-state index in [1.807, 2.05) is 55.6 Å². The standard InChI is InChI=1S/C16H15NO2/c1-17-15(11-7-9-12(19-2)10-8-11)13-5-3-4-6-14(13)16(17)18/h3-10,15H,1-2H3. The Hall–Kier alpha value is -2.29. The van der Waals surface area contributed by atoms with E-state index in [1.54, 1.807) is 12.0 Å². The van der Waals surface area contributed by atoms with Gasteiger partial charge in [-0.2, -0.15) is 0 Å². The molecule has 1 amide bonds. The second-order valence-corrected chi connectivity index (χ2v) is 4.68. The van der Waals surface area contributed by atoms with Crippen LogP contribution in [0.3, 0.4) is 0 Å². The van der Waals surface area contributed by atoms with Crippen molar-refractivity contribution in [1.82, 2.24) is 4.90 Å². The molecule has 0 radical (unpaired) electrons. The fourth-order valence-corrected chi connectivity index (χ4v) is 2.64. The van der Waals surface area contributed by atoms with E-state index in [1.165, 1.54) is 0 Å². The molecule has 0 saturated heterocycles. The number of rotatable bonds is 2. The van der Waals surface area contributed by atoms with Crippen LogP contribution >= 0.6 is 0 Å². The van der Waals surface area contributed by atoms with E-state index in [9.17, 15) is 4.79 Å². The summed E-state index contributed by atoms with van der Waals surface area (Å²) in [6.45, 7) is 0. The van der Waals surface area contributed by atoms with Gasteiger partial charge in [0.05, 0.1) is 13.2 Å². The molecule has 0 fully saturated rings. The molecule has 1 aliphatic heterocycles. The Morgan fingerprint density at radius 3 is 2.42 bits per heavy atom. The number of benzene rings is 2. The molecule has 1 aliphatic rings. The van der Waals surface area contributed by atoms with E-state index in [2.05, 4.69) is 0 Å². The van der Waals surface area contributed by atoms with Gasteiger partial charge in [0.25, 0.3) is 5.91 Å². The summed E-state index contributed by atoms with van der Waals surface area (Å²) in [5.74, 6) is 0.903. The highest BCUT2D eigenvalue weighted by Crippen LogP contribution is 2.37. The number of carbonyl (C=O) groups is 1. The van der Waals surface area contributed by atoms with Crippen LogP contribution in [0.5, 0.6) is 5.75 Å². The quantitative estimate of drug-likeness (QED) is 0.823. The Labute approximate surface area is 112 Å². The van der Waals surface area contributed by atoms with Crippen LogP contribution in [-0.2, 0) is 0 Å². The molecule has 1 heterocycles. The number of fused-ring (bicyclic) bond motifs is 1. The van der Waals surface area contributed by atoms with Gasteiger partial charge in [0.2, 0.25) is 0 Å². The summed E-state index contributed by atoms with van der Waals surface area (Å²) in [5, 5.41) is 0. The van der Waals surface area contributed by atoms with Crippen molar-refractivity contribution in [1.29, 1.82) is 0 Å². The lowest BCUT2D eigenvalue weighted by Gasteiger charge is -2.21. The lowest BCUT2D eigenvalue weighted by atomic mass is 9.98. The third-order valence-corrected chi connectivity index (χ3v) is 3.62. The van der Waals surface area contributed by atoms with Crippen molar-refractivity contribution < 1.29 is 9.53 Å². The molecule has 0 aliphatic carbocycles. The van der Waals surface area contributed by atoms with Gasteiger partial charge in [-0.1, -0.05) is 30.3 Å². The zero-order chi connectivity index (χ0) is 13.4. The molecule has 96 valence electrons. The van der Waals surface area contributed by atoms with E-state index < -0.39 is 0 Å². The summed E-state index contributed by atoms with van der Waals surface area (Å²) in [5.41, 5.74) is 2.97. The predicted octanol–water partition coefficient (Wildman–Crippen LogP) is 2.87. The van der Waals surface area contributed by atoms with E-state index in [-0.39, 0.29) is 11.9 Å². The van der Waals surface area contributed by atoms with Crippen LogP contribution in [-0.4, -0.2) is 25.0 Å². The summed E-state index contributed by atoms with van der Waals surface area (Å²) >= 11 is 0. The average molecular weight is 253 g/mol. The molecular weight excluding hydrogens is 238 g/mol. The number of methoxy groups -OCH3 is 1. The highest BCUT2D eigenvalue weighted by Gasteiger charge is 2.34. The molecule has 0 N–H and O–H groups in total. The van der Waals surface area contributed by atoms with Crippen molar-refractivity contribution in [2.75, 3.05) is 14.2 Å². The summed E-state index contributed by atoms with van der Waals surface area (Å²) in [6, 6.07) is 15.6. The summed E-state index contributed by atoms with van der Waals surface area (Å²) in [6.07, 6.45) is 0. The first kappa shape index (κ1) is 11.8. The molecule has 2 aromatic carbocycles. The molecule has 0 bridgehead atoms. The maximum Gasteiger partial charge on any atom is 0.254 e. The Balaban J connectivity index is 2.07. The fourth-order valence-electron chi connectivity index (χ4n) is 2.64. The number of ether oxygens (including phenoxy) is 1. The lowest BCUT2D eigenvalue weighted by molar-refractivity contribution is 0.0793. The third-order valence-electron chi connectivity index (χ3n) is 3.62. The van der Waals surface area contributed by atoms with Gasteiger partial charge in [-0.3, -0.25) is 4.79 Å². The van der Waals surface area contributed by atoms with Crippen molar-refractivity contribution in [2.45, 2.75) is 6.04 Å². The van der Waals surface area contributed by atoms with Crippen LogP contribution in [0, 0.1) is 0 Å². The number of nitrogens with zero attached hydrogens (tertiary/aromatic N) is 1. The maximum absolute atomic E-state index is 12.2. The highest BCUT2D eigenvalue weighted by atomic mass is 16.5. The first-order valence-corrected chi connectivity index (χ1v) is 6.22. The highest BCUT2D eigenvalue weighted by molar-refractivity contribution is 5.99. The smallest absolute Gasteiger partial charge is 0.254 e. The van der Waals surface area contributed by atoms with Crippen molar-refractivity contribution >= 4 is 5.91 Å². The van der Waals surface area contributed by atoms with Crippen molar-refractivity contribution in [3.05, 3.63) is 65.2 Å². The molecule has 1 atom stereocenters. The van der Waals surface area contributed by atoms with E-state index >= 15 is 0 Å². The Morgan fingerprint density at radius 1 is 1.05 bits per heavy atom. The largest absolute Gasteiger partial charge is 0.497 e. The zero-order valence-corrected chi connectivity index (χ0v) is 11.0. The molecule has 0 saturated carbocycles. The molecule has 0 aromatic heterocycles. The monoisotopic (exact) mass is 253 g/mol. The molecule has 2 aromatic rings. The summed E-state index contributed by atoms with van der Waals surface area (Å²) < 4.78 is 5.17. The van der Waals surface area contributed by atoms with Gasteiger partial charge in [-0.25, -0.2) is 0 Å². The minimum Gasteiger partial charge on any atom is -0.497 e. The van der Waals surface area contributed by atoms with E-state index in [4.69, 9.17) is 4.74 Å². The Bertz CT molecular complexity index is 619. The number of amides is 1. The van der Waals surface area contributed by atoms with Crippen molar-refractivity contribution in [3.63, 3.8) is 0 Å². The average Bonchev–Trinajstić information content (AvgIpc) is 2.72. The number of hydrogen-bond donors (Lipinski definition) is 0. The van der Waals surface area contributed by atoms with Gasteiger partial charge in [0.15, 0.2) is 0 Å². The molecule has 19 heavy (non-hydrogen) atoms. The van der Waals surface area contributed by atoms with Crippen LogP contribution in [0.4, 0.5) is 0 Å². The number of carbonyl (C=O) groups excluding carboxylic acids is 1. The minimum absolute atomic E-state index is 0.00499. The van der Waals surface area contributed by atoms with Crippen molar-refractivity contribution in [3.8, 4) is 5.75 Å². The Morgan fingerprint density at radius 2 is 1.74 bits per heavy atom. The van der Waals surface area contributed by atoms with Gasteiger partial charge in [0, 0.05) is 12.6 Å². The summed E-state index contributed by atoms with van der Waals surface area (Å²) in [7, 11) is 3.49. The van der Waals surface area contributed by atoms with Crippen LogP contribution in [0.1, 0.15) is 27.5 Å². The second-order valence-electron chi connectivity index (χ2n) is 4.68. The molecule has 0 spiro atoms. The Kier molecular flexibility index (Phi) is 2.75. The van der Waals surface area contributed by atoms with Gasteiger partial charge in [0.1, 0.15) is 5.75 Å². The van der Waals surface area contributed by atoms with Crippen LogP contribution < -0.4 is 4.74 Å². The van der Waals surface area contributed by atoms with Gasteiger partial charge in [-0.15, -0.1) is 0 Å². The molecule has 3 nitrogen and oxygen atoms in total. The van der Waals surface area contributed by atoms with Gasteiger partial charge >= 0.3 is 0 Å². The first-order chi connectivity index (χ1) is 9.22.